The standard InChI is InChI=1S/C15H25N/c1-10(2)16-14(6)13(5)15-8-11(3)7-12(4)9-15/h7-10,13-14,16H,1-6H3. The largest absolute Gasteiger partial charge is 0.311 e. The third kappa shape index (κ3) is 3.64. The second-order valence-electron chi connectivity index (χ2n) is 5.32. The topological polar surface area (TPSA) is 12.0 Å². The highest BCUT2D eigenvalue weighted by atomic mass is 14.9. The lowest BCUT2D eigenvalue weighted by molar-refractivity contribution is 0.439. The summed E-state index contributed by atoms with van der Waals surface area (Å²) in [5, 5.41) is 3.58. The lowest BCUT2D eigenvalue weighted by Crippen LogP contribution is -2.36. The summed E-state index contributed by atoms with van der Waals surface area (Å²) in [5.41, 5.74) is 4.16. The van der Waals surface area contributed by atoms with Crippen LogP contribution in [0.4, 0.5) is 0 Å². The molecule has 2 atom stereocenters. The molecule has 0 aliphatic carbocycles. The summed E-state index contributed by atoms with van der Waals surface area (Å²) in [6.07, 6.45) is 0. The summed E-state index contributed by atoms with van der Waals surface area (Å²) < 4.78 is 0. The molecule has 0 radical (unpaired) electrons. The van der Waals surface area contributed by atoms with Gasteiger partial charge in [-0.1, -0.05) is 50.1 Å². The Balaban J connectivity index is 2.82. The molecule has 1 N–H and O–H groups in total. The fourth-order valence-electron chi connectivity index (χ4n) is 2.23. The van der Waals surface area contributed by atoms with Crippen LogP contribution in [0, 0.1) is 13.8 Å². The quantitative estimate of drug-likeness (QED) is 0.812. The van der Waals surface area contributed by atoms with Crippen molar-refractivity contribution in [1.29, 1.82) is 0 Å². The Labute approximate surface area is 100 Å². The third-order valence-electron chi connectivity index (χ3n) is 3.12. The predicted octanol–water partition coefficient (Wildman–Crippen LogP) is 3.79. The van der Waals surface area contributed by atoms with Crippen LogP contribution in [-0.4, -0.2) is 12.1 Å². The van der Waals surface area contributed by atoms with Crippen LogP contribution in [0.2, 0.25) is 0 Å². The van der Waals surface area contributed by atoms with Crippen LogP contribution in [0.25, 0.3) is 0 Å². The molecular formula is C15H25N. The molecule has 1 aromatic rings. The van der Waals surface area contributed by atoms with Crippen molar-refractivity contribution >= 4 is 0 Å². The summed E-state index contributed by atoms with van der Waals surface area (Å²) in [6.45, 7) is 13.3. The highest BCUT2D eigenvalue weighted by molar-refractivity contribution is 5.31. The second-order valence-corrected chi connectivity index (χ2v) is 5.32. The van der Waals surface area contributed by atoms with Crippen LogP contribution in [0.15, 0.2) is 18.2 Å². The van der Waals surface area contributed by atoms with Crippen molar-refractivity contribution in [2.24, 2.45) is 0 Å². The maximum atomic E-state index is 3.58. The van der Waals surface area contributed by atoms with E-state index in [1.807, 2.05) is 0 Å². The van der Waals surface area contributed by atoms with Crippen LogP contribution >= 0.6 is 0 Å². The first kappa shape index (κ1) is 13.2. The van der Waals surface area contributed by atoms with Gasteiger partial charge in [0.25, 0.3) is 0 Å². The zero-order chi connectivity index (χ0) is 12.3. The fraction of sp³-hybridized carbons (Fsp3) is 0.600. The van der Waals surface area contributed by atoms with E-state index in [-0.39, 0.29) is 0 Å². The molecule has 0 saturated heterocycles. The summed E-state index contributed by atoms with van der Waals surface area (Å²) in [5.74, 6) is 0.556. The molecular weight excluding hydrogens is 194 g/mol. The molecule has 1 rings (SSSR count). The lowest BCUT2D eigenvalue weighted by atomic mass is 9.91. The van der Waals surface area contributed by atoms with Crippen molar-refractivity contribution in [3.05, 3.63) is 34.9 Å². The lowest BCUT2D eigenvalue weighted by Gasteiger charge is -2.24. The fourth-order valence-corrected chi connectivity index (χ4v) is 2.23. The molecule has 1 aromatic carbocycles. The van der Waals surface area contributed by atoms with Crippen molar-refractivity contribution < 1.29 is 0 Å². The van der Waals surface area contributed by atoms with Crippen molar-refractivity contribution in [3.63, 3.8) is 0 Å². The molecule has 0 aromatic heterocycles. The molecule has 0 heterocycles. The smallest absolute Gasteiger partial charge is 0.0107 e. The van der Waals surface area contributed by atoms with Gasteiger partial charge in [-0.15, -0.1) is 0 Å². The normalized spacial score (nSPS) is 15.2. The molecule has 0 aliphatic rings. The number of benzene rings is 1. The van der Waals surface area contributed by atoms with Gasteiger partial charge in [-0.25, -0.2) is 0 Å². The summed E-state index contributed by atoms with van der Waals surface area (Å²) >= 11 is 0. The Hall–Kier alpha value is -0.820. The molecule has 0 aliphatic heterocycles. The number of hydrogen-bond donors (Lipinski definition) is 1. The highest BCUT2D eigenvalue weighted by Gasteiger charge is 2.15. The zero-order valence-electron chi connectivity index (χ0n) is 11.5. The Bertz CT molecular complexity index is 321. The number of nitrogens with one attached hydrogen (secondary N) is 1. The Morgan fingerprint density at radius 3 is 1.81 bits per heavy atom. The molecule has 0 amide bonds. The average molecular weight is 219 g/mol. The van der Waals surface area contributed by atoms with E-state index in [4.69, 9.17) is 0 Å². The molecule has 90 valence electrons. The molecule has 0 spiro atoms. The van der Waals surface area contributed by atoms with Crippen molar-refractivity contribution in [2.75, 3.05) is 0 Å². The van der Waals surface area contributed by atoms with Gasteiger partial charge in [-0.05, 0) is 32.3 Å². The minimum atomic E-state index is 0.515. The van der Waals surface area contributed by atoms with E-state index >= 15 is 0 Å². The number of rotatable bonds is 4. The number of aryl methyl sites for hydroxylation is 2. The number of hydrogen-bond acceptors (Lipinski definition) is 1. The van der Waals surface area contributed by atoms with Gasteiger partial charge in [-0.2, -0.15) is 0 Å². The third-order valence-corrected chi connectivity index (χ3v) is 3.12. The van der Waals surface area contributed by atoms with E-state index in [0.29, 0.717) is 18.0 Å². The zero-order valence-corrected chi connectivity index (χ0v) is 11.5. The van der Waals surface area contributed by atoms with E-state index in [0.717, 1.165) is 0 Å². The summed E-state index contributed by atoms with van der Waals surface area (Å²) in [7, 11) is 0. The van der Waals surface area contributed by atoms with E-state index in [1.54, 1.807) is 0 Å². The molecule has 0 fully saturated rings. The van der Waals surface area contributed by atoms with Gasteiger partial charge in [-0.3, -0.25) is 0 Å². The second kappa shape index (κ2) is 5.49. The van der Waals surface area contributed by atoms with E-state index in [2.05, 4.69) is 65.1 Å². The van der Waals surface area contributed by atoms with Crippen LogP contribution in [-0.2, 0) is 0 Å². The first-order valence-corrected chi connectivity index (χ1v) is 6.24. The highest BCUT2D eigenvalue weighted by Crippen LogP contribution is 2.22. The first-order chi connectivity index (χ1) is 7.40. The summed E-state index contributed by atoms with van der Waals surface area (Å²) in [6, 6.07) is 7.90. The maximum Gasteiger partial charge on any atom is 0.0107 e. The van der Waals surface area contributed by atoms with Gasteiger partial charge in [0, 0.05) is 12.1 Å². The SMILES string of the molecule is Cc1cc(C)cc(C(C)C(C)NC(C)C)c1. The van der Waals surface area contributed by atoms with Crippen molar-refractivity contribution in [2.45, 2.75) is 59.5 Å². The van der Waals surface area contributed by atoms with E-state index in [9.17, 15) is 0 Å². The Kier molecular flexibility index (Phi) is 4.55. The summed E-state index contributed by atoms with van der Waals surface area (Å²) in [4.78, 5) is 0. The molecule has 2 unspecified atom stereocenters. The molecule has 1 nitrogen and oxygen atoms in total. The van der Waals surface area contributed by atoms with Gasteiger partial charge in [0.15, 0.2) is 0 Å². The molecule has 0 bridgehead atoms. The minimum Gasteiger partial charge on any atom is -0.311 e. The Morgan fingerprint density at radius 1 is 0.875 bits per heavy atom. The van der Waals surface area contributed by atoms with Crippen LogP contribution in [0.3, 0.4) is 0 Å². The van der Waals surface area contributed by atoms with Crippen molar-refractivity contribution in [3.8, 4) is 0 Å². The first-order valence-electron chi connectivity index (χ1n) is 6.24. The van der Waals surface area contributed by atoms with E-state index in [1.165, 1.54) is 16.7 Å². The van der Waals surface area contributed by atoms with Crippen molar-refractivity contribution in [1.82, 2.24) is 5.32 Å². The van der Waals surface area contributed by atoms with Gasteiger partial charge in [0.1, 0.15) is 0 Å². The van der Waals surface area contributed by atoms with Crippen LogP contribution in [0.5, 0.6) is 0 Å². The van der Waals surface area contributed by atoms with Gasteiger partial charge in [0.05, 0.1) is 0 Å². The Morgan fingerprint density at radius 2 is 1.38 bits per heavy atom. The monoisotopic (exact) mass is 219 g/mol. The van der Waals surface area contributed by atoms with Gasteiger partial charge >= 0.3 is 0 Å². The maximum absolute atomic E-state index is 3.58. The predicted molar refractivity (Wildman–Crippen MR) is 72.1 cm³/mol. The van der Waals surface area contributed by atoms with Gasteiger partial charge < -0.3 is 5.32 Å². The van der Waals surface area contributed by atoms with Crippen LogP contribution in [0.1, 0.15) is 50.3 Å². The molecule has 1 heteroatoms. The molecule has 0 saturated carbocycles. The van der Waals surface area contributed by atoms with Gasteiger partial charge in [0.2, 0.25) is 0 Å². The van der Waals surface area contributed by atoms with E-state index < -0.39 is 0 Å². The average Bonchev–Trinajstić information content (AvgIpc) is 2.13. The molecule has 16 heavy (non-hydrogen) atoms. The minimum absolute atomic E-state index is 0.515. The van der Waals surface area contributed by atoms with Crippen LogP contribution < -0.4 is 5.32 Å².